The van der Waals surface area contributed by atoms with Gasteiger partial charge in [-0.3, -0.25) is 9.78 Å². The van der Waals surface area contributed by atoms with Gasteiger partial charge in [0.15, 0.2) is 5.65 Å². The number of pyridine rings is 1. The van der Waals surface area contributed by atoms with Crippen molar-refractivity contribution in [3.63, 3.8) is 0 Å². The summed E-state index contributed by atoms with van der Waals surface area (Å²) in [5, 5.41) is 18.2. The monoisotopic (exact) mass is 526 g/mol. The number of likely N-dealkylation sites (tertiary alicyclic amines) is 1. The molecule has 1 aliphatic rings. The van der Waals surface area contributed by atoms with E-state index in [1.807, 2.05) is 29.8 Å². The standard InChI is InChI=1S/C23H23BrN6O2S/c1-13(31)23(32)29-7-4-14(5-8-29)20-19(24)21(25)30-22(28-20)17(11-27-30)15-2-3-18(26-10-15)16-6-9-33-12-16/h2-3,6,9-14,31H,4-5,7-8,25H2,1H3. The van der Waals surface area contributed by atoms with Gasteiger partial charge in [0, 0.05) is 47.3 Å². The van der Waals surface area contributed by atoms with Crippen molar-refractivity contribution in [2.45, 2.75) is 31.8 Å². The zero-order valence-corrected chi connectivity index (χ0v) is 20.4. The largest absolute Gasteiger partial charge is 0.384 e. The molecule has 1 aliphatic heterocycles. The molecule has 1 saturated heterocycles. The van der Waals surface area contributed by atoms with Gasteiger partial charge in [0.2, 0.25) is 0 Å². The van der Waals surface area contributed by atoms with Gasteiger partial charge >= 0.3 is 0 Å². The second-order valence-corrected chi connectivity index (χ2v) is 9.78. The SMILES string of the molecule is CC(O)C(=O)N1CCC(c2nc3c(-c4ccc(-c5ccsc5)nc4)cnn3c(N)c2Br)CC1. The van der Waals surface area contributed by atoms with E-state index in [0.29, 0.717) is 24.6 Å². The lowest BCUT2D eigenvalue weighted by Crippen LogP contribution is -2.42. The van der Waals surface area contributed by atoms with Crippen LogP contribution in [0.3, 0.4) is 0 Å². The molecule has 0 bridgehead atoms. The van der Waals surface area contributed by atoms with Gasteiger partial charge in [-0.15, -0.1) is 0 Å². The van der Waals surface area contributed by atoms with Crippen molar-refractivity contribution >= 4 is 44.6 Å². The number of hydrogen-bond donors (Lipinski definition) is 2. The van der Waals surface area contributed by atoms with E-state index in [-0.39, 0.29) is 11.8 Å². The van der Waals surface area contributed by atoms with E-state index in [4.69, 9.17) is 10.7 Å². The summed E-state index contributed by atoms with van der Waals surface area (Å²) in [5.74, 6) is 0.407. The van der Waals surface area contributed by atoms with Gasteiger partial charge in [0.05, 0.1) is 22.1 Å². The summed E-state index contributed by atoms with van der Waals surface area (Å²) in [6.07, 6.45) is 4.12. The molecule has 10 heteroatoms. The van der Waals surface area contributed by atoms with Crippen LogP contribution in [0.1, 0.15) is 31.4 Å². The van der Waals surface area contributed by atoms with Crippen LogP contribution in [0.15, 0.2) is 45.8 Å². The molecule has 0 spiro atoms. The number of carbonyl (C=O) groups excluding carboxylic acids is 1. The predicted molar refractivity (Wildman–Crippen MR) is 132 cm³/mol. The molecule has 0 aromatic carbocycles. The Hall–Kier alpha value is -2.82. The molecule has 4 aromatic rings. The van der Waals surface area contributed by atoms with Gasteiger partial charge in [-0.2, -0.15) is 21.0 Å². The molecule has 5 rings (SSSR count). The number of hydrogen-bond acceptors (Lipinski definition) is 7. The van der Waals surface area contributed by atoms with Crippen molar-refractivity contribution in [1.82, 2.24) is 24.5 Å². The van der Waals surface area contributed by atoms with Crippen molar-refractivity contribution in [3.8, 4) is 22.4 Å². The average Bonchev–Trinajstić information content (AvgIpc) is 3.51. The fourth-order valence-electron chi connectivity index (χ4n) is 4.26. The maximum absolute atomic E-state index is 12.1. The number of nitrogen functional groups attached to an aromatic ring is 1. The lowest BCUT2D eigenvalue weighted by Gasteiger charge is -2.33. The minimum atomic E-state index is -0.979. The number of nitrogens with two attached hydrogens (primary N) is 1. The molecular weight excluding hydrogens is 504 g/mol. The summed E-state index contributed by atoms with van der Waals surface area (Å²) in [5.41, 5.74) is 11.8. The molecule has 4 aromatic heterocycles. The number of carbonyl (C=O) groups is 1. The van der Waals surface area contributed by atoms with Crippen LogP contribution in [0.5, 0.6) is 0 Å². The second-order valence-electron chi connectivity index (χ2n) is 8.21. The summed E-state index contributed by atoms with van der Waals surface area (Å²) in [7, 11) is 0. The van der Waals surface area contributed by atoms with Crippen LogP contribution < -0.4 is 5.73 Å². The van der Waals surface area contributed by atoms with Gasteiger partial charge in [-0.1, -0.05) is 6.07 Å². The van der Waals surface area contributed by atoms with Gasteiger partial charge < -0.3 is 15.7 Å². The molecule has 1 amide bonds. The number of amides is 1. The second kappa shape index (κ2) is 8.85. The van der Waals surface area contributed by atoms with Crippen molar-refractivity contribution in [2.24, 2.45) is 0 Å². The summed E-state index contributed by atoms with van der Waals surface area (Å²) in [6, 6.07) is 6.07. The summed E-state index contributed by atoms with van der Waals surface area (Å²) in [4.78, 5) is 23.4. The lowest BCUT2D eigenvalue weighted by molar-refractivity contribution is -0.140. The number of thiophene rings is 1. The van der Waals surface area contributed by atoms with Crippen molar-refractivity contribution in [2.75, 3.05) is 18.8 Å². The van der Waals surface area contributed by atoms with Crippen LogP contribution in [0, 0.1) is 0 Å². The Morgan fingerprint density at radius 2 is 2.03 bits per heavy atom. The maximum atomic E-state index is 12.1. The zero-order valence-electron chi connectivity index (χ0n) is 18.0. The number of rotatable bonds is 4. The van der Waals surface area contributed by atoms with Crippen LogP contribution in [-0.4, -0.2) is 54.7 Å². The number of aliphatic hydroxyl groups is 1. The Balaban J connectivity index is 1.47. The van der Waals surface area contributed by atoms with E-state index in [1.165, 1.54) is 6.92 Å². The Labute approximate surface area is 203 Å². The van der Waals surface area contributed by atoms with E-state index in [2.05, 4.69) is 31.4 Å². The Kier molecular flexibility index (Phi) is 5.90. The van der Waals surface area contributed by atoms with E-state index in [0.717, 1.165) is 45.4 Å². The number of aromatic nitrogens is 4. The molecule has 33 heavy (non-hydrogen) atoms. The first-order valence-corrected chi connectivity index (χ1v) is 12.5. The third-order valence-electron chi connectivity index (χ3n) is 6.09. The van der Waals surface area contributed by atoms with Gasteiger partial charge in [-0.05, 0) is 53.2 Å². The Bertz CT molecular complexity index is 1290. The molecule has 0 saturated carbocycles. The van der Waals surface area contributed by atoms with E-state index >= 15 is 0 Å². The van der Waals surface area contributed by atoms with Crippen LogP contribution in [0.2, 0.25) is 0 Å². The Morgan fingerprint density at radius 3 is 2.67 bits per heavy atom. The summed E-state index contributed by atoms with van der Waals surface area (Å²) < 4.78 is 2.37. The smallest absolute Gasteiger partial charge is 0.251 e. The highest BCUT2D eigenvalue weighted by Gasteiger charge is 2.29. The summed E-state index contributed by atoms with van der Waals surface area (Å²) in [6.45, 7) is 2.66. The summed E-state index contributed by atoms with van der Waals surface area (Å²) >= 11 is 5.26. The predicted octanol–water partition coefficient (Wildman–Crippen LogP) is 3.95. The number of fused-ring (bicyclic) bond motifs is 1. The fraction of sp³-hybridized carbons (Fsp3) is 0.304. The van der Waals surface area contributed by atoms with Crippen LogP contribution in [-0.2, 0) is 4.79 Å². The Morgan fingerprint density at radius 1 is 1.24 bits per heavy atom. The lowest BCUT2D eigenvalue weighted by atomic mass is 9.93. The van der Waals surface area contributed by atoms with Crippen molar-refractivity contribution in [3.05, 3.63) is 51.5 Å². The molecule has 0 aliphatic carbocycles. The number of halogens is 1. The van der Waals surface area contributed by atoms with Crippen LogP contribution >= 0.6 is 27.3 Å². The topological polar surface area (TPSA) is 110 Å². The molecule has 0 radical (unpaired) electrons. The average molecular weight is 527 g/mol. The number of aliphatic hydroxyl groups excluding tert-OH is 1. The highest BCUT2D eigenvalue weighted by atomic mass is 79.9. The molecule has 8 nitrogen and oxygen atoms in total. The first-order valence-electron chi connectivity index (χ1n) is 10.7. The van der Waals surface area contributed by atoms with E-state index < -0.39 is 6.10 Å². The quantitative estimate of drug-likeness (QED) is 0.416. The number of nitrogens with zero attached hydrogens (tertiary/aromatic N) is 5. The molecule has 1 unspecified atom stereocenters. The molecule has 5 heterocycles. The third-order valence-corrected chi connectivity index (χ3v) is 7.59. The zero-order chi connectivity index (χ0) is 23.1. The maximum Gasteiger partial charge on any atom is 0.251 e. The highest BCUT2D eigenvalue weighted by molar-refractivity contribution is 9.10. The first kappa shape index (κ1) is 22.0. The van der Waals surface area contributed by atoms with E-state index in [1.54, 1.807) is 26.9 Å². The van der Waals surface area contributed by atoms with Crippen molar-refractivity contribution in [1.29, 1.82) is 0 Å². The highest BCUT2D eigenvalue weighted by Crippen LogP contribution is 2.37. The number of anilines is 1. The molecule has 3 N–H and O–H groups in total. The molecule has 1 fully saturated rings. The number of piperidine rings is 1. The minimum absolute atomic E-state index is 0.145. The fourth-order valence-corrected chi connectivity index (χ4v) is 5.49. The van der Waals surface area contributed by atoms with E-state index in [9.17, 15) is 9.90 Å². The van der Waals surface area contributed by atoms with Crippen LogP contribution in [0.25, 0.3) is 28.0 Å². The molecule has 1 atom stereocenters. The molecular formula is C23H23BrN6O2S. The first-order chi connectivity index (χ1) is 15.9. The molecule has 170 valence electrons. The van der Waals surface area contributed by atoms with Crippen LogP contribution in [0.4, 0.5) is 5.82 Å². The van der Waals surface area contributed by atoms with Gasteiger partial charge in [0.1, 0.15) is 11.9 Å². The van der Waals surface area contributed by atoms with Gasteiger partial charge in [0.25, 0.3) is 5.91 Å². The van der Waals surface area contributed by atoms with Crippen molar-refractivity contribution < 1.29 is 9.90 Å². The third kappa shape index (κ3) is 4.03. The normalized spacial score (nSPS) is 15.8. The minimum Gasteiger partial charge on any atom is -0.384 e. The van der Waals surface area contributed by atoms with Gasteiger partial charge in [-0.25, -0.2) is 4.98 Å².